The number of amides is 3. The number of carbonyl (C=O) groups excluding carboxylic acids is 4. The van der Waals surface area contributed by atoms with Gasteiger partial charge in [-0.1, -0.05) is 13.0 Å². The molecule has 8 nitrogen and oxygen atoms in total. The Morgan fingerprint density at radius 3 is 2.66 bits per heavy atom. The summed E-state index contributed by atoms with van der Waals surface area (Å²) in [4.78, 5) is 53.0. The van der Waals surface area contributed by atoms with Gasteiger partial charge in [0.25, 0.3) is 0 Å². The number of ether oxygens (including phenoxy) is 1. The van der Waals surface area contributed by atoms with Crippen LogP contribution in [0.25, 0.3) is 0 Å². The maximum absolute atomic E-state index is 13.1. The fraction of sp³-hybridized carbons (Fsp3) is 0.440. The quantitative estimate of drug-likeness (QED) is 0.369. The molecular weight excluding hydrogens is 486 g/mol. The molecule has 0 fully saturated rings. The number of nitrogens with zero attached hydrogens (tertiary/aromatic N) is 1. The van der Waals surface area contributed by atoms with E-state index in [4.69, 9.17) is 4.74 Å². The fourth-order valence-electron chi connectivity index (χ4n) is 3.75. The summed E-state index contributed by atoms with van der Waals surface area (Å²) in [5.41, 5.74) is 1.92. The van der Waals surface area contributed by atoms with Crippen LogP contribution < -0.4 is 10.6 Å². The molecule has 0 bridgehead atoms. The second-order valence-electron chi connectivity index (χ2n) is 8.19. The van der Waals surface area contributed by atoms with Crippen LogP contribution in [0, 0.1) is 0 Å². The number of rotatable bonds is 9. The SMILES string of the molecule is CCCC(=O)Nc1cccc(SC(C)C(=O)Nc2sc3c(c2C(=O)OCC)CCN(C(C)=O)C3)c1. The van der Waals surface area contributed by atoms with E-state index in [2.05, 4.69) is 10.6 Å². The first-order valence-corrected chi connectivity index (χ1v) is 13.4. The monoisotopic (exact) mass is 517 g/mol. The molecule has 0 saturated heterocycles. The van der Waals surface area contributed by atoms with Gasteiger partial charge in [-0.2, -0.15) is 0 Å². The zero-order valence-corrected chi connectivity index (χ0v) is 22.1. The van der Waals surface area contributed by atoms with E-state index in [1.807, 2.05) is 31.2 Å². The number of thiophene rings is 1. The van der Waals surface area contributed by atoms with Crippen molar-refractivity contribution in [3.8, 4) is 0 Å². The normalized spacial score (nSPS) is 13.5. The van der Waals surface area contributed by atoms with Gasteiger partial charge in [0.15, 0.2) is 0 Å². The molecule has 0 aliphatic carbocycles. The van der Waals surface area contributed by atoms with E-state index >= 15 is 0 Å². The molecule has 1 aliphatic rings. The standard InChI is InChI=1S/C25H31N3O5S2/c1-5-8-21(30)26-17-9-7-10-18(13-17)34-15(3)23(31)27-24-22(25(32)33-6-2)19-11-12-28(16(4)29)14-20(19)35-24/h7,9-10,13,15H,5-6,8,11-12,14H2,1-4H3,(H,26,30)(H,27,31). The number of anilines is 2. The summed E-state index contributed by atoms with van der Waals surface area (Å²) >= 11 is 2.68. The maximum Gasteiger partial charge on any atom is 0.341 e. The summed E-state index contributed by atoms with van der Waals surface area (Å²) in [6, 6.07) is 7.37. The van der Waals surface area contributed by atoms with E-state index < -0.39 is 11.2 Å². The zero-order valence-electron chi connectivity index (χ0n) is 20.4. The fourth-order valence-corrected chi connectivity index (χ4v) is 5.93. The number of carbonyl (C=O) groups is 4. The Kier molecular flexibility index (Phi) is 9.33. The topological polar surface area (TPSA) is 105 Å². The van der Waals surface area contributed by atoms with Gasteiger partial charge in [0.2, 0.25) is 17.7 Å². The van der Waals surface area contributed by atoms with Crippen LogP contribution >= 0.6 is 23.1 Å². The van der Waals surface area contributed by atoms with Crippen molar-refractivity contribution in [3.05, 3.63) is 40.3 Å². The molecule has 1 aromatic carbocycles. The van der Waals surface area contributed by atoms with E-state index in [1.165, 1.54) is 30.0 Å². The highest BCUT2D eigenvalue weighted by atomic mass is 32.2. The Morgan fingerprint density at radius 2 is 1.97 bits per heavy atom. The largest absolute Gasteiger partial charge is 0.462 e. The average Bonchev–Trinajstić information content (AvgIpc) is 3.16. The zero-order chi connectivity index (χ0) is 25.5. The van der Waals surface area contributed by atoms with Crippen LogP contribution in [0.3, 0.4) is 0 Å². The van der Waals surface area contributed by atoms with Crippen molar-refractivity contribution in [2.24, 2.45) is 0 Å². The molecule has 2 N–H and O–H groups in total. The van der Waals surface area contributed by atoms with Gasteiger partial charge in [-0.3, -0.25) is 14.4 Å². The number of fused-ring (bicyclic) bond motifs is 1. The molecule has 188 valence electrons. The van der Waals surface area contributed by atoms with E-state index in [0.717, 1.165) is 21.8 Å². The molecule has 2 aromatic rings. The highest BCUT2D eigenvalue weighted by Gasteiger charge is 2.31. The minimum Gasteiger partial charge on any atom is -0.462 e. The lowest BCUT2D eigenvalue weighted by molar-refractivity contribution is -0.129. The van der Waals surface area contributed by atoms with E-state index in [1.54, 1.807) is 18.7 Å². The van der Waals surface area contributed by atoms with Gasteiger partial charge in [0, 0.05) is 35.3 Å². The molecule has 35 heavy (non-hydrogen) atoms. The molecule has 3 rings (SSSR count). The third-order valence-electron chi connectivity index (χ3n) is 5.50. The van der Waals surface area contributed by atoms with Crippen molar-refractivity contribution in [1.82, 2.24) is 4.90 Å². The van der Waals surface area contributed by atoms with Crippen molar-refractivity contribution in [2.75, 3.05) is 23.8 Å². The summed E-state index contributed by atoms with van der Waals surface area (Å²) in [5, 5.41) is 5.78. The maximum atomic E-state index is 13.1. The summed E-state index contributed by atoms with van der Waals surface area (Å²) in [6.07, 6.45) is 1.76. The van der Waals surface area contributed by atoms with E-state index in [0.29, 0.717) is 42.2 Å². The first kappa shape index (κ1) is 26.7. The lowest BCUT2D eigenvalue weighted by Gasteiger charge is -2.25. The van der Waals surface area contributed by atoms with Crippen molar-refractivity contribution < 1.29 is 23.9 Å². The van der Waals surface area contributed by atoms with Crippen molar-refractivity contribution >= 4 is 57.5 Å². The highest BCUT2D eigenvalue weighted by molar-refractivity contribution is 8.00. The van der Waals surface area contributed by atoms with Gasteiger partial charge in [-0.15, -0.1) is 23.1 Å². The minimum absolute atomic E-state index is 0.0227. The number of nitrogens with one attached hydrogen (secondary N) is 2. The predicted octanol–water partition coefficient (Wildman–Crippen LogP) is 4.69. The third kappa shape index (κ3) is 6.85. The molecule has 2 heterocycles. The molecule has 10 heteroatoms. The number of thioether (sulfide) groups is 1. The lowest BCUT2D eigenvalue weighted by Crippen LogP contribution is -2.34. The van der Waals surface area contributed by atoms with Crippen LogP contribution in [0.5, 0.6) is 0 Å². The number of benzene rings is 1. The molecule has 0 spiro atoms. The van der Waals surface area contributed by atoms with Gasteiger partial charge >= 0.3 is 5.97 Å². The third-order valence-corrected chi connectivity index (χ3v) is 7.72. The molecule has 1 aliphatic heterocycles. The Labute approximate surface area is 213 Å². The molecule has 1 aromatic heterocycles. The second kappa shape index (κ2) is 12.2. The Morgan fingerprint density at radius 1 is 1.20 bits per heavy atom. The van der Waals surface area contributed by atoms with E-state index in [9.17, 15) is 19.2 Å². The molecular formula is C25H31N3O5S2. The van der Waals surface area contributed by atoms with Crippen LogP contribution in [0.4, 0.5) is 10.7 Å². The Hall–Kier alpha value is -2.85. The first-order chi connectivity index (χ1) is 16.7. The predicted molar refractivity (Wildman–Crippen MR) is 139 cm³/mol. The van der Waals surface area contributed by atoms with Crippen LogP contribution in [0.1, 0.15) is 61.3 Å². The molecule has 0 radical (unpaired) electrons. The smallest absolute Gasteiger partial charge is 0.341 e. The van der Waals surface area contributed by atoms with Crippen molar-refractivity contribution in [3.63, 3.8) is 0 Å². The lowest BCUT2D eigenvalue weighted by atomic mass is 10.0. The van der Waals surface area contributed by atoms with E-state index in [-0.39, 0.29) is 24.3 Å². The average molecular weight is 518 g/mol. The van der Waals surface area contributed by atoms with Gasteiger partial charge in [-0.25, -0.2) is 4.79 Å². The van der Waals surface area contributed by atoms with Gasteiger partial charge in [0.1, 0.15) is 5.00 Å². The summed E-state index contributed by atoms with van der Waals surface area (Å²) in [7, 11) is 0. The van der Waals surface area contributed by atoms with Gasteiger partial charge in [0.05, 0.1) is 24.0 Å². The minimum atomic E-state index is -0.465. The Balaban J connectivity index is 1.75. The Bertz CT molecular complexity index is 1110. The molecule has 1 atom stereocenters. The highest BCUT2D eigenvalue weighted by Crippen LogP contribution is 2.38. The number of hydrogen-bond acceptors (Lipinski definition) is 7. The van der Waals surface area contributed by atoms with Crippen LogP contribution in [0.2, 0.25) is 0 Å². The second-order valence-corrected chi connectivity index (χ2v) is 10.7. The molecule has 0 saturated carbocycles. The number of hydrogen-bond donors (Lipinski definition) is 2. The van der Waals surface area contributed by atoms with Crippen LogP contribution in [-0.2, 0) is 32.1 Å². The van der Waals surface area contributed by atoms with Crippen LogP contribution in [-0.4, -0.2) is 47.0 Å². The summed E-state index contributed by atoms with van der Waals surface area (Å²) < 4.78 is 5.26. The molecule has 1 unspecified atom stereocenters. The van der Waals surface area contributed by atoms with Gasteiger partial charge in [-0.05, 0) is 50.5 Å². The van der Waals surface area contributed by atoms with Crippen molar-refractivity contribution in [2.45, 2.75) is 63.6 Å². The van der Waals surface area contributed by atoms with Gasteiger partial charge < -0.3 is 20.3 Å². The first-order valence-electron chi connectivity index (χ1n) is 11.7. The summed E-state index contributed by atoms with van der Waals surface area (Å²) in [6.45, 7) is 8.17. The number of esters is 1. The summed E-state index contributed by atoms with van der Waals surface area (Å²) in [5.74, 6) is -0.780. The van der Waals surface area contributed by atoms with Crippen molar-refractivity contribution in [1.29, 1.82) is 0 Å². The van der Waals surface area contributed by atoms with Crippen LogP contribution in [0.15, 0.2) is 29.2 Å². The molecule has 3 amide bonds.